The fourth-order valence-corrected chi connectivity index (χ4v) is 1.99. The number of amides is 1. The van der Waals surface area contributed by atoms with Crippen LogP contribution in [0.1, 0.15) is 25.5 Å². The van der Waals surface area contributed by atoms with Gasteiger partial charge in [0.25, 0.3) is 0 Å². The molecule has 0 saturated carbocycles. The molecule has 1 aromatic heterocycles. The van der Waals surface area contributed by atoms with Gasteiger partial charge in [0.15, 0.2) is 5.96 Å². The van der Waals surface area contributed by atoms with Gasteiger partial charge in [-0.1, -0.05) is 0 Å². The van der Waals surface area contributed by atoms with Gasteiger partial charge in [0.1, 0.15) is 5.76 Å². The SMILES string of the molecule is CN=C(NCCC(=O)NCCOC)NC(C)CCc1ccco1. The Labute approximate surface area is 137 Å². The van der Waals surface area contributed by atoms with E-state index in [0.29, 0.717) is 32.1 Å². The maximum absolute atomic E-state index is 11.6. The lowest BCUT2D eigenvalue weighted by Gasteiger charge is -2.17. The largest absolute Gasteiger partial charge is 0.469 e. The van der Waals surface area contributed by atoms with Gasteiger partial charge in [0.2, 0.25) is 5.91 Å². The molecule has 1 atom stereocenters. The summed E-state index contributed by atoms with van der Waals surface area (Å²) in [6.07, 6.45) is 3.89. The molecule has 3 N–H and O–H groups in total. The third kappa shape index (κ3) is 8.87. The van der Waals surface area contributed by atoms with Crippen LogP contribution in [0.3, 0.4) is 0 Å². The van der Waals surface area contributed by atoms with E-state index in [1.165, 1.54) is 0 Å². The van der Waals surface area contributed by atoms with Crippen LogP contribution >= 0.6 is 0 Å². The van der Waals surface area contributed by atoms with Crippen molar-refractivity contribution in [2.24, 2.45) is 4.99 Å². The van der Waals surface area contributed by atoms with E-state index in [9.17, 15) is 4.79 Å². The van der Waals surface area contributed by atoms with E-state index < -0.39 is 0 Å². The molecule has 1 unspecified atom stereocenters. The molecule has 1 amide bonds. The Hall–Kier alpha value is -2.02. The van der Waals surface area contributed by atoms with Crippen molar-refractivity contribution in [2.75, 3.05) is 33.9 Å². The number of nitrogens with one attached hydrogen (secondary N) is 3. The monoisotopic (exact) mass is 324 g/mol. The molecule has 23 heavy (non-hydrogen) atoms. The minimum absolute atomic E-state index is 0.00382. The zero-order valence-electron chi connectivity index (χ0n) is 14.2. The van der Waals surface area contributed by atoms with Crippen molar-refractivity contribution in [3.05, 3.63) is 24.2 Å². The lowest BCUT2D eigenvalue weighted by atomic mass is 10.1. The average Bonchev–Trinajstić information content (AvgIpc) is 3.05. The molecular weight excluding hydrogens is 296 g/mol. The molecule has 0 bridgehead atoms. The van der Waals surface area contributed by atoms with Crippen LogP contribution < -0.4 is 16.0 Å². The fraction of sp³-hybridized carbons (Fsp3) is 0.625. The van der Waals surface area contributed by atoms with Crippen LogP contribution in [0.25, 0.3) is 0 Å². The Morgan fingerprint density at radius 2 is 2.22 bits per heavy atom. The van der Waals surface area contributed by atoms with Gasteiger partial charge in [0.05, 0.1) is 12.9 Å². The molecule has 0 radical (unpaired) electrons. The summed E-state index contributed by atoms with van der Waals surface area (Å²) < 4.78 is 10.2. The first-order chi connectivity index (χ1) is 11.2. The first-order valence-corrected chi connectivity index (χ1v) is 7.91. The van der Waals surface area contributed by atoms with Crippen molar-refractivity contribution in [1.82, 2.24) is 16.0 Å². The standard InChI is InChI=1S/C16H28N4O3/c1-13(6-7-14-5-4-11-23-14)20-16(17-2)19-9-8-15(21)18-10-12-22-3/h4-5,11,13H,6-10,12H2,1-3H3,(H,18,21)(H2,17,19,20). The molecule has 7 heteroatoms. The Kier molecular flexibility index (Phi) is 9.54. The second kappa shape index (κ2) is 11.5. The highest BCUT2D eigenvalue weighted by Crippen LogP contribution is 2.05. The highest BCUT2D eigenvalue weighted by Gasteiger charge is 2.07. The third-order valence-corrected chi connectivity index (χ3v) is 3.28. The van der Waals surface area contributed by atoms with Crippen molar-refractivity contribution >= 4 is 11.9 Å². The molecule has 0 aliphatic rings. The summed E-state index contributed by atoms with van der Waals surface area (Å²) in [7, 11) is 3.32. The zero-order valence-corrected chi connectivity index (χ0v) is 14.2. The number of nitrogens with zero attached hydrogens (tertiary/aromatic N) is 1. The van der Waals surface area contributed by atoms with Crippen LogP contribution in [0.4, 0.5) is 0 Å². The Morgan fingerprint density at radius 3 is 2.87 bits per heavy atom. The first-order valence-electron chi connectivity index (χ1n) is 7.91. The minimum atomic E-state index is -0.00382. The number of carbonyl (C=O) groups is 1. The Bertz CT molecular complexity index is 460. The van der Waals surface area contributed by atoms with Crippen molar-refractivity contribution < 1.29 is 13.9 Å². The molecule has 0 aliphatic heterocycles. The van der Waals surface area contributed by atoms with E-state index in [1.54, 1.807) is 20.4 Å². The number of hydrogen-bond donors (Lipinski definition) is 3. The fourth-order valence-electron chi connectivity index (χ4n) is 1.99. The molecule has 7 nitrogen and oxygen atoms in total. The predicted molar refractivity (Wildman–Crippen MR) is 90.5 cm³/mol. The van der Waals surface area contributed by atoms with Crippen molar-refractivity contribution in [3.63, 3.8) is 0 Å². The zero-order chi connectivity index (χ0) is 16.9. The number of guanidine groups is 1. The molecule has 0 saturated heterocycles. The van der Waals surface area contributed by atoms with Crippen LogP contribution in [0.2, 0.25) is 0 Å². The van der Waals surface area contributed by atoms with Crippen LogP contribution in [-0.2, 0) is 16.0 Å². The van der Waals surface area contributed by atoms with Gasteiger partial charge < -0.3 is 25.1 Å². The lowest BCUT2D eigenvalue weighted by molar-refractivity contribution is -0.121. The summed E-state index contributed by atoms with van der Waals surface area (Å²) in [6.45, 7) is 3.68. The van der Waals surface area contributed by atoms with Gasteiger partial charge in [-0.2, -0.15) is 0 Å². The normalized spacial score (nSPS) is 12.7. The number of rotatable bonds is 10. The van der Waals surface area contributed by atoms with Gasteiger partial charge in [-0.25, -0.2) is 0 Å². The number of carbonyl (C=O) groups excluding carboxylic acids is 1. The predicted octanol–water partition coefficient (Wildman–Crippen LogP) is 0.918. The first kappa shape index (κ1) is 19.0. The van der Waals surface area contributed by atoms with E-state index >= 15 is 0 Å². The summed E-state index contributed by atoms with van der Waals surface area (Å²) in [6, 6.07) is 4.12. The summed E-state index contributed by atoms with van der Waals surface area (Å²) in [5.74, 6) is 1.67. The average molecular weight is 324 g/mol. The van der Waals surface area contributed by atoms with Crippen LogP contribution in [0.5, 0.6) is 0 Å². The molecule has 0 spiro atoms. The summed E-state index contributed by atoms with van der Waals surface area (Å²) in [5, 5.41) is 9.22. The third-order valence-electron chi connectivity index (χ3n) is 3.28. The second-order valence-electron chi connectivity index (χ2n) is 5.26. The Morgan fingerprint density at radius 1 is 1.39 bits per heavy atom. The molecule has 1 heterocycles. The van der Waals surface area contributed by atoms with Gasteiger partial charge in [-0.05, 0) is 25.5 Å². The molecule has 0 aromatic carbocycles. The number of hydrogen-bond acceptors (Lipinski definition) is 4. The number of methoxy groups -OCH3 is 1. The number of aryl methyl sites for hydroxylation is 1. The minimum Gasteiger partial charge on any atom is -0.469 e. The smallest absolute Gasteiger partial charge is 0.221 e. The number of furan rings is 1. The van der Waals surface area contributed by atoms with Gasteiger partial charge in [-0.3, -0.25) is 9.79 Å². The highest BCUT2D eigenvalue weighted by atomic mass is 16.5. The van der Waals surface area contributed by atoms with Gasteiger partial charge in [0, 0.05) is 46.1 Å². The number of aliphatic imine (C=N–C) groups is 1. The second-order valence-corrected chi connectivity index (χ2v) is 5.26. The molecular formula is C16H28N4O3. The van der Waals surface area contributed by atoms with E-state index in [0.717, 1.165) is 18.6 Å². The van der Waals surface area contributed by atoms with Crippen molar-refractivity contribution in [1.29, 1.82) is 0 Å². The van der Waals surface area contributed by atoms with Gasteiger partial charge in [-0.15, -0.1) is 0 Å². The van der Waals surface area contributed by atoms with E-state index in [-0.39, 0.29) is 11.9 Å². The molecule has 1 rings (SSSR count). The summed E-state index contributed by atoms with van der Waals surface area (Å²) in [4.78, 5) is 15.7. The molecule has 130 valence electrons. The van der Waals surface area contributed by atoms with Gasteiger partial charge >= 0.3 is 0 Å². The highest BCUT2D eigenvalue weighted by molar-refractivity contribution is 5.81. The summed E-state index contributed by atoms with van der Waals surface area (Å²) in [5.41, 5.74) is 0. The quantitative estimate of drug-likeness (QED) is 0.338. The van der Waals surface area contributed by atoms with Crippen LogP contribution in [0.15, 0.2) is 27.8 Å². The van der Waals surface area contributed by atoms with Crippen molar-refractivity contribution in [2.45, 2.75) is 32.2 Å². The maximum atomic E-state index is 11.6. The molecule has 0 aliphatic carbocycles. The van der Waals surface area contributed by atoms with E-state index in [2.05, 4.69) is 27.9 Å². The van der Waals surface area contributed by atoms with E-state index in [4.69, 9.17) is 9.15 Å². The van der Waals surface area contributed by atoms with E-state index in [1.807, 2.05) is 12.1 Å². The molecule has 0 fully saturated rings. The topological polar surface area (TPSA) is 87.9 Å². The van der Waals surface area contributed by atoms with Crippen LogP contribution in [-0.4, -0.2) is 51.8 Å². The van der Waals surface area contributed by atoms with Crippen molar-refractivity contribution in [3.8, 4) is 0 Å². The van der Waals surface area contributed by atoms with Crippen LogP contribution in [0, 0.1) is 0 Å². The summed E-state index contributed by atoms with van der Waals surface area (Å²) >= 11 is 0. The lowest BCUT2D eigenvalue weighted by Crippen LogP contribution is -2.43. The molecule has 1 aromatic rings. The maximum Gasteiger partial charge on any atom is 0.221 e. The Balaban J connectivity index is 2.17. The number of ether oxygens (including phenoxy) is 1.